The Hall–Kier alpha value is -1.35. The molecule has 0 aromatic heterocycles. The van der Waals surface area contributed by atoms with Gasteiger partial charge in [0.2, 0.25) is 5.91 Å². The zero-order valence-corrected chi connectivity index (χ0v) is 9.30. The van der Waals surface area contributed by atoms with E-state index in [0.717, 1.165) is 13.0 Å². The molecule has 3 rings (SSSR count). The highest BCUT2D eigenvalue weighted by atomic mass is 16.5. The number of rotatable bonds is 2. The van der Waals surface area contributed by atoms with Gasteiger partial charge in [0, 0.05) is 0 Å². The Kier molecular flexibility index (Phi) is 2.21. The fourth-order valence-electron chi connectivity index (χ4n) is 2.63. The summed E-state index contributed by atoms with van der Waals surface area (Å²) in [6.07, 6.45) is 0.921. The molecule has 1 aromatic rings. The van der Waals surface area contributed by atoms with Crippen molar-refractivity contribution in [3.63, 3.8) is 0 Å². The molecule has 0 spiro atoms. The smallest absolute Gasteiger partial charge is 0.232 e. The summed E-state index contributed by atoms with van der Waals surface area (Å²) >= 11 is 0. The summed E-state index contributed by atoms with van der Waals surface area (Å²) in [4.78, 5) is 13.8. The Labute approximate surface area is 95.0 Å². The van der Waals surface area contributed by atoms with Gasteiger partial charge in [-0.3, -0.25) is 4.79 Å². The van der Waals surface area contributed by atoms with E-state index in [1.807, 2.05) is 23.1 Å². The number of β-lactam (4-membered cyclic amide) rings is 1. The molecule has 3 nitrogen and oxygen atoms in total. The number of carbonyl (C=O) groups is 1. The quantitative estimate of drug-likeness (QED) is 0.709. The zero-order chi connectivity index (χ0) is 11.1. The van der Waals surface area contributed by atoms with Crippen LogP contribution >= 0.6 is 0 Å². The van der Waals surface area contributed by atoms with Crippen molar-refractivity contribution in [1.82, 2.24) is 4.90 Å². The van der Waals surface area contributed by atoms with Crippen molar-refractivity contribution >= 4 is 5.91 Å². The standard InChI is InChI=1S/C13H15NO2/c1-9(10-5-3-2-4-6-10)14-12(15)11-7-8-16-13(11)14/h2-6,9,11,13H,7-8H2,1H3/t9-,11+,13+/m1/s1. The molecule has 3 heteroatoms. The highest BCUT2D eigenvalue weighted by molar-refractivity contribution is 5.86. The fourth-order valence-corrected chi connectivity index (χ4v) is 2.63. The van der Waals surface area contributed by atoms with Crippen LogP contribution in [-0.2, 0) is 9.53 Å². The predicted molar refractivity (Wildman–Crippen MR) is 59.6 cm³/mol. The maximum atomic E-state index is 11.9. The van der Waals surface area contributed by atoms with Gasteiger partial charge in [-0.2, -0.15) is 0 Å². The van der Waals surface area contributed by atoms with E-state index in [-0.39, 0.29) is 24.1 Å². The molecule has 0 unspecified atom stereocenters. The number of fused-ring (bicyclic) bond motifs is 1. The van der Waals surface area contributed by atoms with Gasteiger partial charge in [0.1, 0.15) is 6.23 Å². The number of carbonyl (C=O) groups excluding carboxylic acids is 1. The van der Waals surface area contributed by atoms with Crippen molar-refractivity contribution in [1.29, 1.82) is 0 Å². The molecule has 2 aliphatic heterocycles. The molecule has 0 bridgehead atoms. The molecule has 3 atom stereocenters. The number of ether oxygens (including phenoxy) is 1. The van der Waals surface area contributed by atoms with Gasteiger partial charge >= 0.3 is 0 Å². The summed E-state index contributed by atoms with van der Waals surface area (Å²) in [6.45, 7) is 2.78. The van der Waals surface area contributed by atoms with Gasteiger partial charge in [-0.1, -0.05) is 30.3 Å². The molecule has 2 fully saturated rings. The normalized spacial score (nSPS) is 29.8. The van der Waals surface area contributed by atoms with E-state index in [1.165, 1.54) is 5.56 Å². The molecule has 0 aliphatic carbocycles. The number of benzene rings is 1. The topological polar surface area (TPSA) is 29.5 Å². The third kappa shape index (κ3) is 1.28. The first-order chi connectivity index (χ1) is 7.79. The minimum atomic E-state index is 0.0303. The summed E-state index contributed by atoms with van der Waals surface area (Å²) in [7, 11) is 0. The molecule has 0 radical (unpaired) electrons. The molecule has 2 heterocycles. The van der Waals surface area contributed by atoms with Crippen LogP contribution in [0.3, 0.4) is 0 Å². The largest absolute Gasteiger partial charge is 0.357 e. The molecule has 0 N–H and O–H groups in total. The fraction of sp³-hybridized carbons (Fsp3) is 0.462. The van der Waals surface area contributed by atoms with Crippen LogP contribution in [0.4, 0.5) is 0 Å². The van der Waals surface area contributed by atoms with Gasteiger partial charge < -0.3 is 9.64 Å². The van der Waals surface area contributed by atoms with Crippen LogP contribution in [0.1, 0.15) is 24.9 Å². The maximum absolute atomic E-state index is 11.9. The van der Waals surface area contributed by atoms with Gasteiger partial charge in [0.15, 0.2) is 0 Å². The van der Waals surface area contributed by atoms with Crippen LogP contribution in [0.25, 0.3) is 0 Å². The average molecular weight is 217 g/mol. The van der Waals surface area contributed by atoms with Crippen LogP contribution in [0.5, 0.6) is 0 Å². The van der Waals surface area contributed by atoms with Gasteiger partial charge in [-0.05, 0) is 18.9 Å². The van der Waals surface area contributed by atoms with E-state index in [9.17, 15) is 4.79 Å². The van der Waals surface area contributed by atoms with E-state index in [1.54, 1.807) is 0 Å². The van der Waals surface area contributed by atoms with Crippen molar-refractivity contribution in [3.8, 4) is 0 Å². The number of likely N-dealkylation sites (tertiary alicyclic amines) is 1. The van der Waals surface area contributed by atoms with E-state index in [2.05, 4.69) is 19.1 Å². The number of amides is 1. The lowest BCUT2D eigenvalue weighted by molar-refractivity contribution is -0.181. The first-order valence-electron chi connectivity index (χ1n) is 5.78. The highest BCUT2D eigenvalue weighted by Crippen LogP contribution is 2.41. The summed E-state index contributed by atoms with van der Waals surface area (Å²) in [5.74, 6) is 0.380. The molecule has 0 saturated carbocycles. The van der Waals surface area contributed by atoms with Gasteiger partial charge in [0.05, 0.1) is 18.6 Å². The van der Waals surface area contributed by atoms with Crippen LogP contribution in [0.2, 0.25) is 0 Å². The Balaban J connectivity index is 1.81. The Morgan fingerprint density at radius 3 is 2.88 bits per heavy atom. The second-order valence-electron chi connectivity index (χ2n) is 4.49. The summed E-state index contributed by atoms with van der Waals surface area (Å²) in [5, 5.41) is 0. The van der Waals surface area contributed by atoms with Crippen molar-refractivity contribution in [2.24, 2.45) is 5.92 Å². The SMILES string of the molecule is C[C@H](c1ccccc1)N1C(=O)[C@@H]2CCO[C@@H]21. The van der Waals surface area contributed by atoms with Crippen LogP contribution in [0, 0.1) is 5.92 Å². The third-order valence-electron chi connectivity index (χ3n) is 3.61. The van der Waals surface area contributed by atoms with E-state index in [4.69, 9.17) is 4.74 Å². The molecule has 16 heavy (non-hydrogen) atoms. The summed E-state index contributed by atoms with van der Waals surface area (Å²) < 4.78 is 5.58. The van der Waals surface area contributed by atoms with Crippen molar-refractivity contribution < 1.29 is 9.53 Å². The van der Waals surface area contributed by atoms with Crippen molar-refractivity contribution in [2.45, 2.75) is 25.6 Å². The lowest BCUT2D eigenvalue weighted by Gasteiger charge is -2.45. The van der Waals surface area contributed by atoms with Crippen LogP contribution in [-0.4, -0.2) is 23.6 Å². The minimum absolute atomic E-state index is 0.0303. The summed E-state index contributed by atoms with van der Waals surface area (Å²) in [6, 6.07) is 10.2. The molecule has 2 aliphatic rings. The third-order valence-corrected chi connectivity index (χ3v) is 3.61. The monoisotopic (exact) mass is 217 g/mol. The van der Waals surface area contributed by atoms with E-state index in [0.29, 0.717) is 0 Å². The lowest BCUT2D eigenvalue weighted by Crippen LogP contribution is -2.59. The van der Waals surface area contributed by atoms with Crippen LogP contribution < -0.4 is 0 Å². The Bertz CT molecular complexity index is 404. The summed E-state index contributed by atoms with van der Waals surface area (Å²) in [5.41, 5.74) is 1.17. The lowest BCUT2D eigenvalue weighted by atomic mass is 9.91. The van der Waals surface area contributed by atoms with E-state index >= 15 is 0 Å². The van der Waals surface area contributed by atoms with Crippen molar-refractivity contribution in [3.05, 3.63) is 35.9 Å². The highest BCUT2D eigenvalue weighted by Gasteiger charge is 2.52. The predicted octanol–water partition coefficient (Wildman–Crippen LogP) is 1.95. The Morgan fingerprint density at radius 2 is 2.12 bits per heavy atom. The average Bonchev–Trinajstić information content (AvgIpc) is 2.74. The number of hydrogen-bond acceptors (Lipinski definition) is 2. The molecular formula is C13H15NO2. The van der Waals surface area contributed by atoms with Crippen molar-refractivity contribution in [2.75, 3.05) is 6.61 Å². The van der Waals surface area contributed by atoms with Gasteiger partial charge in [-0.15, -0.1) is 0 Å². The van der Waals surface area contributed by atoms with Gasteiger partial charge in [-0.25, -0.2) is 0 Å². The second-order valence-corrected chi connectivity index (χ2v) is 4.49. The molecule has 84 valence electrons. The number of hydrogen-bond donors (Lipinski definition) is 0. The first kappa shape index (κ1) is 9.85. The maximum Gasteiger partial charge on any atom is 0.232 e. The first-order valence-corrected chi connectivity index (χ1v) is 5.78. The second kappa shape index (κ2) is 3.59. The zero-order valence-electron chi connectivity index (χ0n) is 9.30. The molecule has 2 saturated heterocycles. The number of nitrogens with zero attached hydrogens (tertiary/aromatic N) is 1. The van der Waals surface area contributed by atoms with Gasteiger partial charge in [0.25, 0.3) is 0 Å². The van der Waals surface area contributed by atoms with Crippen LogP contribution in [0.15, 0.2) is 30.3 Å². The molecule has 1 amide bonds. The van der Waals surface area contributed by atoms with E-state index < -0.39 is 0 Å². The molecular weight excluding hydrogens is 202 g/mol. The minimum Gasteiger partial charge on any atom is -0.357 e. The molecule has 1 aromatic carbocycles. The Morgan fingerprint density at radius 1 is 1.38 bits per heavy atom.